The van der Waals surface area contributed by atoms with Gasteiger partial charge < -0.3 is 25.3 Å². The number of likely N-dealkylation sites (tertiary alicyclic amines) is 1. The number of piperidine rings is 1. The smallest absolute Gasteiger partial charge is 0.270 e. The van der Waals surface area contributed by atoms with E-state index in [0.717, 1.165) is 17.4 Å². The van der Waals surface area contributed by atoms with E-state index in [0.29, 0.717) is 67.4 Å². The molecule has 5 rings (SSSR count). The summed E-state index contributed by atoms with van der Waals surface area (Å²) >= 11 is 0. The van der Waals surface area contributed by atoms with E-state index in [1.54, 1.807) is 11.0 Å². The lowest BCUT2D eigenvalue weighted by molar-refractivity contribution is -0.119. The molecule has 0 bridgehead atoms. The molecule has 2 aromatic carbocycles. The van der Waals surface area contributed by atoms with Crippen molar-refractivity contribution >= 4 is 35.0 Å². The number of benzene rings is 2. The van der Waals surface area contributed by atoms with Gasteiger partial charge in [0.1, 0.15) is 23.4 Å². The maximum Gasteiger partial charge on any atom is 0.270 e. The van der Waals surface area contributed by atoms with Crippen molar-refractivity contribution in [1.29, 1.82) is 0 Å². The van der Waals surface area contributed by atoms with Crippen molar-refractivity contribution in [2.75, 3.05) is 31.5 Å². The van der Waals surface area contributed by atoms with Crippen molar-refractivity contribution in [1.82, 2.24) is 25.2 Å². The number of hydrogen-bond acceptors (Lipinski definition) is 6. The number of aldehydes is 1. The number of aromatic nitrogens is 3. The third-order valence-corrected chi connectivity index (χ3v) is 7.06. The van der Waals surface area contributed by atoms with Crippen LogP contribution < -0.4 is 10.6 Å². The van der Waals surface area contributed by atoms with Crippen LogP contribution in [-0.4, -0.2) is 64.1 Å². The third-order valence-electron chi connectivity index (χ3n) is 7.06. The number of carbonyl (C=O) groups is 3. The number of H-pyrrole nitrogens is 1. The number of anilines is 1. The van der Waals surface area contributed by atoms with Crippen molar-refractivity contribution in [2.45, 2.75) is 25.2 Å². The van der Waals surface area contributed by atoms with Gasteiger partial charge in [-0.15, -0.1) is 0 Å². The normalized spacial score (nSPS) is 14.7. The summed E-state index contributed by atoms with van der Waals surface area (Å²) in [6, 6.07) is 21.2. The summed E-state index contributed by atoms with van der Waals surface area (Å²) in [5.74, 6) is 0.863. The quantitative estimate of drug-likeness (QED) is 0.246. The first-order valence-corrected chi connectivity index (χ1v) is 12.7. The predicted octanol–water partition coefficient (Wildman–Crippen LogP) is 3.55. The van der Waals surface area contributed by atoms with Gasteiger partial charge in [0, 0.05) is 38.7 Å². The van der Waals surface area contributed by atoms with Crippen LogP contribution in [0.2, 0.25) is 0 Å². The van der Waals surface area contributed by atoms with E-state index in [9.17, 15) is 14.4 Å². The standard InChI is InChI=1S/C29H30N6O3/c1-20(37)30-14-15-31-26-23-18-24(32-27(23)34-25(33-26)21-8-4-2-5-9-21)28(38)35-16-12-29(19-36,13-17-35)22-10-6-3-7-11-22/h2-11,18-19H,12-17H2,1H3,(H,30,37)(H2,31,32,33,34). The number of nitrogens with one attached hydrogen (secondary N) is 3. The molecule has 9 nitrogen and oxygen atoms in total. The monoisotopic (exact) mass is 510 g/mol. The summed E-state index contributed by atoms with van der Waals surface area (Å²) < 4.78 is 0. The average Bonchev–Trinajstić information content (AvgIpc) is 3.40. The highest BCUT2D eigenvalue weighted by molar-refractivity contribution is 6.00. The van der Waals surface area contributed by atoms with Crippen LogP contribution in [0.5, 0.6) is 0 Å². The van der Waals surface area contributed by atoms with Gasteiger partial charge >= 0.3 is 0 Å². The van der Waals surface area contributed by atoms with Crippen LogP contribution in [-0.2, 0) is 15.0 Å². The summed E-state index contributed by atoms with van der Waals surface area (Å²) in [5, 5.41) is 6.73. The Hall–Kier alpha value is -4.53. The second-order valence-electron chi connectivity index (χ2n) is 9.55. The Labute approximate surface area is 220 Å². The molecular formula is C29H30N6O3. The van der Waals surface area contributed by atoms with Crippen LogP contribution in [0.15, 0.2) is 66.7 Å². The van der Waals surface area contributed by atoms with Gasteiger partial charge in [-0.3, -0.25) is 9.59 Å². The van der Waals surface area contributed by atoms with Crippen LogP contribution in [0.1, 0.15) is 35.8 Å². The number of aromatic amines is 1. The van der Waals surface area contributed by atoms with E-state index in [2.05, 4.69) is 15.6 Å². The van der Waals surface area contributed by atoms with Gasteiger partial charge in [-0.05, 0) is 24.5 Å². The van der Waals surface area contributed by atoms with Gasteiger partial charge in [-0.1, -0.05) is 60.7 Å². The zero-order valence-electron chi connectivity index (χ0n) is 21.2. The minimum atomic E-state index is -0.570. The van der Waals surface area contributed by atoms with E-state index < -0.39 is 5.41 Å². The molecule has 1 aliphatic rings. The van der Waals surface area contributed by atoms with E-state index in [4.69, 9.17) is 9.97 Å². The fourth-order valence-electron chi connectivity index (χ4n) is 4.92. The predicted molar refractivity (Wildman–Crippen MR) is 146 cm³/mol. The van der Waals surface area contributed by atoms with Gasteiger partial charge in [0.2, 0.25) is 5.91 Å². The molecule has 0 atom stereocenters. The maximum absolute atomic E-state index is 13.5. The van der Waals surface area contributed by atoms with E-state index in [1.165, 1.54) is 6.92 Å². The van der Waals surface area contributed by atoms with E-state index in [-0.39, 0.29) is 11.8 Å². The number of fused-ring (bicyclic) bond motifs is 1. The maximum atomic E-state index is 13.5. The summed E-state index contributed by atoms with van der Waals surface area (Å²) in [5.41, 5.74) is 2.24. The largest absolute Gasteiger partial charge is 0.368 e. The molecule has 3 N–H and O–H groups in total. The second kappa shape index (κ2) is 10.8. The van der Waals surface area contributed by atoms with Crippen LogP contribution in [0.25, 0.3) is 22.4 Å². The Balaban J connectivity index is 1.40. The molecule has 2 amide bonds. The van der Waals surface area contributed by atoms with Crippen molar-refractivity contribution in [3.05, 3.63) is 78.0 Å². The van der Waals surface area contributed by atoms with Gasteiger partial charge in [0.05, 0.1) is 10.8 Å². The lowest BCUT2D eigenvalue weighted by Crippen LogP contribution is -2.46. The summed E-state index contributed by atoms with van der Waals surface area (Å²) in [4.78, 5) is 51.3. The van der Waals surface area contributed by atoms with Gasteiger partial charge in [-0.2, -0.15) is 0 Å². The molecule has 0 saturated carbocycles. The number of carbonyl (C=O) groups excluding carboxylic acids is 3. The summed E-state index contributed by atoms with van der Waals surface area (Å²) in [6.45, 7) is 3.33. The SMILES string of the molecule is CC(=O)NCCNc1nc(-c2ccccc2)nc2[nH]c(C(=O)N3CCC(C=O)(c4ccccc4)CC3)cc12. The lowest BCUT2D eigenvalue weighted by atomic mass is 9.74. The fraction of sp³-hybridized carbons (Fsp3) is 0.276. The average molecular weight is 511 g/mol. The minimum absolute atomic E-state index is 0.105. The molecule has 2 aromatic heterocycles. The zero-order valence-corrected chi connectivity index (χ0v) is 21.2. The first-order chi connectivity index (χ1) is 18.5. The molecule has 4 aromatic rings. The van der Waals surface area contributed by atoms with E-state index >= 15 is 0 Å². The highest BCUT2D eigenvalue weighted by Crippen LogP contribution is 2.34. The molecule has 38 heavy (non-hydrogen) atoms. The van der Waals surface area contributed by atoms with Crippen LogP contribution in [0.4, 0.5) is 5.82 Å². The summed E-state index contributed by atoms with van der Waals surface area (Å²) in [7, 11) is 0. The zero-order chi connectivity index (χ0) is 26.5. The molecule has 1 fully saturated rings. The van der Waals surface area contributed by atoms with Crippen LogP contribution >= 0.6 is 0 Å². The van der Waals surface area contributed by atoms with Gasteiger partial charge in [0.25, 0.3) is 5.91 Å². The Morgan fingerprint density at radius 1 is 1.00 bits per heavy atom. The number of hydrogen-bond donors (Lipinski definition) is 3. The second-order valence-corrected chi connectivity index (χ2v) is 9.55. The molecule has 0 unspecified atom stereocenters. The van der Waals surface area contributed by atoms with Gasteiger partial charge in [0.15, 0.2) is 5.82 Å². The number of nitrogens with zero attached hydrogens (tertiary/aromatic N) is 3. The first kappa shape index (κ1) is 25.1. The molecule has 0 spiro atoms. The Morgan fingerprint density at radius 3 is 2.34 bits per heavy atom. The number of rotatable bonds is 8. The summed E-state index contributed by atoms with van der Waals surface area (Å²) in [6.07, 6.45) is 2.17. The van der Waals surface area contributed by atoms with Crippen molar-refractivity contribution in [3.8, 4) is 11.4 Å². The molecular weight excluding hydrogens is 480 g/mol. The third kappa shape index (κ3) is 5.13. The molecule has 0 radical (unpaired) electrons. The first-order valence-electron chi connectivity index (χ1n) is 12.7. The molecule has 194 valence electrons. The van der Waals surface area contributed by atoms with Gasteiger partial charge in [-0.25, -0.2) is 9.97 Å². The molecule has 1 aliphatic heterocycles. The van der Waals surface area contributed by atoms with Crippen molar-refractivity contribution < 1.29 is 14.4 Å². The lowest BCUT2D eigenvalue weighted by Gasteiger charge is -2.38. The molecule has 0 aliphatic carbocycles. The Morgan fingerprint density at radius 2 is 1.68 bits per heavy atom. The van der Waals surface area contributed by atoms with Crippen molar-refractivity contribution in [3.63, 3.8) is 0 Å². The highest BCUT2D eigenvalue weighted by atomic mass is 16.2. The molecule has 9 heteroatoms. The minimum Gasteiger partial charge on any atom is -0.368 e. The highest BCUT2D eigenvalue weighted by Gasteiger charge is 2.37. The van der Waals surface area contributed by atoms with Crippen molar-refractivity contribution in [2.24, 2.45) is 0 Å². The molecule has 3 heterocycles. The van der Waals surface area contributed by atoms with E-state index in [1.807, 2.05) is 60.7 Å². The van der Waals surface area contributed by atoms with Crippen LogP contribution in [0.3, 0.4) is 0 Å². The number of amides is 2. The fourth-order valence-corrected chi connectivity index (χ4v) is 4.92. The topological polar surface area (TPSA) is 120 Å². The Bertz CT molecular complexity index is 1440. The van der Waals surface area contributed by atoms with Crippen LogP contribution in [0, 0.1) is 0 Å². The Kier molecular flexibility index (Phi) is 7.17. The molecule has 1 saturated heterocycles.